The van der Waals surface area contributed by atoms with Gasteiger partial charge in [-0.3, -0.25) is 9.48 Å². The van der Waals surface area contributed by atoms with Crippen LogP contribution in [0.1, 0.15) is 51.0 Å². The second-order valence-corrected chi connectivity index (χ2v) is 10.4. The molecule has 1 aromatic carbocycles. The number of anilines is 2. The molecule has 2 heterocycles. The highest BCUT2D eigenvalue weighted by molar-refractivity contribution is 7.89. The summed E-state index contributed by atoms with van der Waals surface area (Å²) in [5, 5.41) is 8.49. The summed E-state index contributed by atoms with van der Waals surface area (Å²) < 4.78 is 29.5. The number of aromatic nitrogens is 3. The second kappa shape index (κ2) is 8.12. The van der Waals surface area contributed by atoms with Crippen molar-refractivity contribution in [3.05, 3.63) is 46.9 Å². The van der Waals surface area contributed by atoms with Gasteiger partial charge >= 0.3 is 0 Å². The fourth-order valence-corrected chi connectivity index (χ4v) is 5.39. The first-order chi connectivity index (χ1) is 15.0. The number of fused-ring (bicyclic) bond motifs is 1. The van der Waals surface area contributed by atoms with Gasteiger partial charge in [0.15, 0.2) is 5.82 Å². The van der Waals surface area contributed by atoms with Crippen LogP contribution in [0.15, 0.2) is 46.2 Å². The van der Waals surface area contributed by atoms with Gasteiger partial charge in [0.2, 0.25) is 10.0 Å². The van der Waals surface area contributed by atoms with Crippen LogP contribution in [0.2, 0.25) is 0 Å². The molecule has 3 N–H and O–H groups in total. The van der Waals surface area contributed by atoms with Crippen molar-refractivity contribution in [2.24, 2.45) is 5.92 Å². The Morgan fingerprint density at radius 3 is 2.48 bits per heavy atom. The summed E-state index contributed by atoms with van der Waals surface area (Å²) in [6.07, 6.45) is 9.53. The van der Waals surface area contributed by atoms with Crippen molar-refractivity contribution in [2.75, 3.05) is 11.9 Å². The van der Waals surface area contributed by atoms with Crippen LogP contribution in [0.4, 0.5) is 11.5 Å². The summed E-state index contributed by atoms with van der Waals surface area (Å²) in [6, 6.07) is 8.73. The molecule has 0 saturated heterocycles. The molecule has 0 bridgehead atoms. The lowest BCUT2D eigenvalue weighted by Gasteiger charge is -2.22. The van der Waals surface area contributed by atoms with Crippen molar-refractivity contribution in [1.29, 1.82) is 0 Å². The summed E-state index contributed by atoms with van der Waals surface area (Å²) in [5.41, 5.74) is 1.31. The van der Waals surface area contributed by atoms with E-state index in [1.165, 1.54) is 19.3 Å². The number of aromatic amines is 1. The Bertz CT molecular complexity index is 1240. The molecule has 0 atom stereocenters. The lowest BCUT2D eigenvalue weighted by molar-refractivity contribution is 0.338. The number of H-pyrrole nitrogens is 1. The quantitative estimate of drug-likeness (QED) is 0.518. The molecule has 2 aliphatic rings. The number of hydrogen-bond acceptors (Lipinski definition) is 5. The number of nitrogens with zero attached hydrogens (tertiary/aromatic N) is 2. The van der Waals surface area contributed by atoms with E-state index in [1.807, 2.05) is 10.7 Å². The van der Waals surface area contributed by atoms with Crippen molar-refractivity contribution in [2.45, 2.75) is 55.9 Å². The van der Waals surface area contributed by atoms with Crippen molar-refractivity contribution in [3.63, 3.8) is 0 Å². The molecule has 0 radical (unpaired) electrons. The zero-order chi connectivity index (χ0) is 21.4. The third kappa shape index (κ3) is 4.24. The Morgan fingerprint density at radius 2 is 1.77 bits per heavy atom. The summed E-state index contributed by atoms with van der Waals surface area (Å²) >= 11 is 0. The monoisotopic (exact) mass is 441 g/mol. The van der Waals surface area contributed by atoms with E-state index in [2.05, 4.69) is 15.0 Å². The standard InChI is InChI=1S/C22H27N5O3S/c28-22-20-19(12-13-23-22)27(17-4-2-1-3-5-17)26-21(20)25-16-8-10-18(11-9-16)31(29,30)24-14-15-6-7-15/h8-13,15,17,24H,1-7,14H2,(H,23,28)(H,25,26). The van der Waals surface area contributed by atoms with E-state index in [-0.39, 0.29) is 10.5 Å². The molecule has 3 aromatic rings. The highest BCUT2D eigenvalue weighted by atomic mass is 32.2. The molecule has 2 aliphatic carbocycles. The molecular weight excluding hydrogens is 414 g/mol. The van der Waals surface area contributed by atoms with E-state index in [4.69, 9.17) is 5.10 Å². The topological polar surface area (TPSA) is 109 Å². The average Bonchev–Trinajstić information content (AvgIpc) is 3.54. The van der Waals surface area contributed by atoms with Crippen molar-refractivity contribution in [3.8, 4) is 0 Å². The maximum Gasteiger partial charge on any atom is 0.261 e. The minimum atomic E-state index is -3.51. The number of benzene rings is 1. The first kappa shape index (κ1) is 20.3. The Kier molecular flexibility index (Phi) is 5.31. The van der Waals surface area contributed by atoms with Crippen LogP contribution in [-0.4, -0.2) is 29.7 Å². The highest BCUT2D eigenvalue weighted by Crippen LogP contribution is 2.33. The van der Waals surface area contributed by atoms with Gasteiger partial charge < -0.3 is 10.3 Å². The molecule has 31 heavy (non-hydrogen) atoms. The Morgan fingerprint density at radius 1 is 1.03 bits per heavy atom. The zero-order valence-corrected chi connectivity index (χ0v) is 18.1. The second-order valence-electron chi connectivity index (χ2n) is 8.60. The number of nitrogens with one attached hydrogen (secondary N) is 3. The van der Waals surface area contributed by atoms with Gasteiger partial charge in [-0.25, -0.2) is 13.1 Å². The lowest BCUT2D eigenvalue weighted by Crippen LogP contribution is -2.25. The molecule has 0 spiro atoms. The molecule has 8 nitrogen and oxygen atoms in total. The van der Waals surface area contributed by atoms with Crippen molar-refractivity contribution in [1.82, 2.24) is 19.5 Å². The molecule has 164 valence electrons. The van der Waals surface area contributed by atoms with Crippen molar-refractivity contribution >= 4 is 32.4 Å². The summed E-state index contributed by atoms with van der Waals surface area (Å²) in [5.74, 6) is 0.964. The lowest BCUT2D eigenvalue weighted by atomic mass is 9.95. The number of sulfonamides is 1. The predicted octanol–water partition coefficient (Wildman–Crippen LogP) is 3.66. The number of hydrogen-bond donors (Lipinski definition) is 3. The van der Waals surface area contributed by atoms with E-state index in [1.54, 1.807) is 30.5 Å². The fraction of sp³-hybridized carbons (Fsp3) is 0.455. The SMILES string of the molecule is O=c1[nH]ccc2c1c(Nc1ccc(S(=O)(=O)NCC3CC3)cc1)nn2C1CCCCC1. The van der Waals surface area contributed by atoms with E-state index < -0.39 is 10.0 Å². The molecule has 2 aromatic heterocycles. The summed E-state index contributed by atoms with van der Waals surface area (Å²) in [6.45, 7) is 0.496. The van der Waals surface area contributed by atoms with Crippen molar-refractivity contribution < 1.29 is 8.42 Å². The van der Waals surface area contributed by atoms with Crippen LogP contribution in [0, 0.1) is 5.92 Å². The van der Waals surface area contributed by atoms with E-state index in [0.717, 1.165) is 31.2 Å². The van der Waals surface area contributed by atoms with Gasteiger partial charge in [0.25, 0.3) is 5.56 Å². The third-order valence-electron chi connectivity index (χ3n) is 6.24. The predicted molar refractivity (Wildman–Crippen MR) is 120 cm³/mol. The van der Waals surface area contributed by atoms with Crippen LogP contribution >= 0.6 is 0 Å². The molecule has 2 saturated carbocycles. The Hall–Kier alpha value is -2.65. The van der Waals surface area contributed by atoms with E-state index >= 15 is 0 Å². The summed E-state index contributed by atoms with van der Waals surface area (Å²) in [4.78, 5) is 15.5. The minimum absolute atomic E-state index is 0.189. The Balaban J connectivity index is 1.41. The Labute approximate surface area is 181 Å². The molecule has 2 fully saturated rings. The molecular formula is C22H27N5O3S. The van der Waals surface area contributed by atoms with Gasteiger partial charge in [-0.05, 0) is 61.9 Å². The maximum absolute atomic E-state index is 12.6. The first-order valence-electron chi connectivity index (χ1n) is 11.0. The van der Waals surface area contributed by atoms with Gasteiger partial charge in [0, 0.05) is 18.4 Å². The average molecular weight is 442 g/mol. The smallest absolute Gasteiger partial charge is 0.261 e. The van der Waals surface area contributed by atoms with Gasteiger partial charge in [-0.15, -0.1) is 0 Å². The largest absolute Gasteiger partial charge is 0.338 e. The maximum atomic E-state index is 12.6. The van der Waals surface area contributed by atoms with Crippen LogP contribution in [0.5, 0.6) is 0 Å². The molecule has 0 aliphatic heterocycles. The van der Waals surface area contributed by atoms with Gasteiger partial charge in [0.1, 0.15) is 5.39 Å². The minimum Gasteiger partial charge on any atom is -0.338 e. The van der Waals surface area contributed by atoms with Gasteiger partial charge in [-0.1, -0.05) is 19.3 Å². The highest BCUT2D eigenvalue weighted by Gasteiger charge is 2.25. The molecule has 5 rings (SSSR count). The van der Waals surface area contributed by atoms with Crippen LogP contribution in [0.3, 0.4) is 0 Å². The van der Waals surface area contributed by atoms with Crippen LogP contribution in [0.25, 0.3) is 10.9 Å². The van der Waals surface area contributed by atoms with E-state index in [9.17, 15) is 13.2 Å². The molecule has 0 unspecified atom stereocenters. The van der Waals surface area contributed by atoms with E-state index in [0.29, 0.717) is 35.4 Å². The normalized spacial score (nSPS) is 17.8. The third-order valence-corrected chi connectivity index (χ3v) is 7.68. The van der Waals surface area contributed by atoms with Crippen LogP contribution in [-0.2, 0) is 10.0 Å². The number of pyridine rings is 1. The summed E-state index contributed by atoms with van der Waals surface area (Å²) in [7, 11) is -3.51. The van der Waals surface area contributed by atoms with Crippen LogP contribution < -0.4 is 15.6 Å². The first-order valence-corrected chi connectivity index (χ1v) is 12.5. The number of rotatable bonds is 7. The zero-order valence-electron chi connectivity index (χ0n) is 17.3. The molecule has 0 amide bonds. The molecule has 9 heteroatoms. The van der Waals surface area contributed by atoms with Gasteiger partial charge in [-0.2, -0.15) is 5.10 Å². The van der Waals surface area contributed by atoms with Gasteiger partial charge in [0.05, 0.1) is 16.5 Å². The fourth-order valence-electron chi connectivity index (χ4n) is 4.28.